The Kier molecular flexibility index (Phi) is 4.90. The topological polar surface area (TPSA) is 23.8 Å². The van der Waals surface area contributed by atoms with Crippen molar-refractivity contribution in [1.29, 1.82) is 5.26 Å². The second kappa shape index (κ2) is 6.24. The first-order valence-corrected chi connectivity index (χ1v) is 5.73. The number of rotatable bonds is 5. The number of nitriles is 1. The molecule has 0 radical (unpaired) electrons. The summed E-state index contributed by atoms with van der Waals surface area (Å²) in [4.78, 5) is 0. The molecule has 1 nitrogen and oxygen atoms in total. The van der Waals surface area contributed by atoms with E-state index in [-0.39, 0.29) is 0 Å². The van der Waals surface area contributed by atoms with Crippen LogP contribution in [0.4, 0.5) is 0 Å². The van der Waals surface area contributed by atoms with Crippen LogP contribution in [-0.2, 0) is 6.42 Å². The maximum absolute atomic E-state index is 8.56. The molecule has 0 saturated heterocycles. The quantitative estimate of drug-likeness (QED) is 0.705. The summed E-state index contributed by atoms with van der Waals surface area (Å²) in [5.41, 5.74) is 2.51. The molecule has 0 aliphatic heterocycles. The average Bonchev–Trinajstić information content (AvgIpc) is 2.27. The van der Waals surface area contributed by atoms with Gasteiger partial charge in [-0.15, -0.1) is 0 Å². The molecule has 0 spiro atoms. The van der Waals surface area contributed by atoms with Crippen molar-refractivity contribution in [2.24, 2.45) is 0 Å². The van der Waals surface area contributed by atoms with Gasteiger partial charge >= 0.3 is 0 Å². The summed E-state index contributed by atoms with van der Waals surface area (Å²) >= 11 is 0. The number of hydrogen-bond acceptors (Lipinski definition) is 1. The Morgan fingerprint density at radius 2 is 1.93 bits per heavy atom. The van der Waals surface area contributed by atoms with E-state index in [0.717, 1.165) is 5.56 Å². The molecule has 80 valence electrons. The smallest absolute Gasteiger partial charge is 0.0669 e. The molecule has 1 unspecified atom stereocenters. The lowest BCUT2D eigenvalue weighted by atomic mass is 9.94. The van der Waals surface area contributed by atoms with Gasteiger partial charge in [0.15, 0.2) is 0 Å². The number of hydrogen-bond donors (Lipinski definition) is 0. The van der Waals surface area contributed by atoms with Crippen LogP contribution in [0.3, 0.4) is 0 Å². The highest BCUT2D eigenvalue weighted by Crippen LogP contribution is 2.21. The molecule has 0 amide bonds. The standard InChI is InChI=1S/C14H19N/c1-3-4-5-12(2)14-8-6-13(7-9-14)10-11-15/h6-9,12H,3-5,10H2,1-2H3. The second-order valence-corrected chi connectivity index (χ2v) is 4.12. The van der Waals surface area contributed by atoms with Gasteiger partial charge in [0.2, 0.25) is 0 Å². The van der Waals surface area contributed by atoms with Gasteiger partial charge in [0.25, 0.3) is 0 Å². The van der Waals surface area contributed by atoms with Gasteiger partial charge in [0.1, 0.15) is 0 Å². The summed E-state index contributed by atoms with van der Waals surface area (Å²) in [7, 11) is 0. The van der Waals surface area contributed by atoms with Crippen LogP contribution in [0, 0.1) is 11.3 Å². The van der Waals surface area contributed by atoms with Crippen molar-refractivity contribution in [2.75, 3.05) is 0 Å². The first-order valence-electron chi connectivity index (χ1n) is 5.73. The Morgan fingerprint density at radius 1 is 1.27 bits per heavy atom. The van der Waals surface area contributed by atoms with Crippen LogP contribution in [0.25, 0.3) is 0 Å². The monoisotopic (exact) mass is 201 g/mol. The van der Waals surface area contributed by atoms with Gasteiger partial charge in [0, 0.05) is 0 Å². The highest BCUT2D eigenvalue weighted by molar-refractivity contribution is 5.26. The maximum Gasteiger partial charge on any atom is 0.0669 e. The van der Waals surface area contributed by atoms with Gasteiger partial charge < -0.3 is 0 Å². The van der Waals surface area contributed by atoms with Crippen LogP contribution in [0.5, 0.6) is 0 Å². The van der Waals surface area contributed by atoms with Crippen LogP contribution in [-0.4, -0.2) is 0 Å². The number of nitrogens with zero attached hydrogens (tertiary/aromatic N) is 1. The third-order valence-corrected chi connectivity index (χ3v) is 2.82. The predicted molar refractivity (Wildman–Crippen MR) is 63.7 cm³/mol. The van der Waals surface area contributed by atoms with Crippen LogP contribution < -0.4 is 0 Å². The zero-order valence-electron chi connectivity index (χ0n) is 9.66. The fraction of sp³-hybridized carbons (Fsp3) is 0.500. The molecule has 1 rings (SSSR count). The molecular formula is C14H19N. The van der Waals surface area contributed by atoms with Gasteiger partial charge in [-0.2, -0.15) is 5.26 Å². The molecule has 0 aliphatic rings. The van der Waals surface area contributed by atoms with Crippen molar-refractivity contribution < 1.29 is 0 Å². The third-order valence-electron chi connectivity index (χ3n) is 2.82. The Labute approximate surface area is 92.7 Å². The van der Waals surface area contributed by atoms with E-state index >= 15 is 0 Å². The van der Waals surface area contributed by atoms with Crippen LogP contribution in [0.2, 0.25) is 0 Å². The first-order chi connectivity index (χ1) is 7.27. The van der Waals surface area contributed by atoms with Gasteiger partial charge in [-0.3, -0.25) is 0 Å². The van der Waals surface area contributed by atoms with E-state index in [2.05, 4.69) is 44.2 Å². The fourth-order valence-corrected chi connectivity index (χ4v) is 1.73. The van der Waals surface area contributed by atoms with Gasteiger partial charge in [-0.25, -0.2) is 0 Å². The van der Waals surface area contributed by atoms with Crippen LogP contribution in [0.15, 0.2) is 24.3 Å². The number of unbranched alkanes of at least 4 members (excludes halogenated alkanes) is 1. The van der Waals surface area contributed by atoms with E-state index in [1.165, 1.54) is 24.8 Å². The Bertz CT molecular complexity index is 318. The predicted octanol–water partition coefficient (Wildman–Crippen LogP) is 4.05. The molecule has 0 saturated carbocycles. The lowest BCUT2D eigenvalue weighted by Crippen LogP contribution is -1.93. The van der Waals surface area contributed by atoms with E-state index in [4.69, 9.17) is 5.26 Å². The summed E-state index contributed by atoms with van der Waals surface area (Å²) in [6, 6.07) is 10.6. The Balaban J connectivity index is 2.59. The summed E-state index contributed by atoms with van der Waals surface area (Å²) in [6.07, 6.45) is 4.33. The molecular weight excluding hydrogens is 182 g/mol. The number of benzene rings is 1. The largest absolute Gasteiger partial charge is 0.198 e. The maximum atomic E-state index is 8.56. The van der Waals surface area contributed by atoms with Crippen molar-refractivity contribution in [3.05, 3.63) is 35.4 Å². The molecule has 15 heavy (non-hydrogen) atoms. The van der Waals surface area contributed by atoms with Gasteiger partial charge in [-0.1, -0.05) is 51.0 Å². The summed E-state index contributed by atoms with van der Waals surface area (Å²) in [6.45, 7) is 4.50. The summed E-state index contributed by atoms with van der Waals surface area (Å²) < 4.78 is 0. The summed E-state index contributed by atoms with van der Waals surface area (Å²) in [5.74, 6) is 0.640. The van der Waals surface area contributed by atoms with E-state index < -0.39 is 0 Å². The van der Waals surface area contributed by atoms with Crippen molar-refractivity contribution in [3.63, 3.8) is 0 Å². The fourth-order valence-electron chi connectivity index (χ4n) is 1.73. The zero-order valence-corrected chi connectivity index (χ0v) is 9.66. The van der Waals surface area contributed by atoms with E-state index in [1.807, 2.05) is 0 Å². The first kappa shape index (κ1) is 11.8. The van der Waals surface area contributed by atoms with Crippen molar-refractivity contribution in [1.82, 2.24) is 0 Å². The molecule has 1 aromatic rings. The Morgan fingerprint density at radius 3 is 2.47 bits per heavy atom. The van der Waals surface area contributed by atoms with Crippen molar-refractivity contribution in [3.8, 4) is 6.07 Å². The molecule has 1 aromatic carbocycles. The van der Waals surface area contributed by atoms with Gasteiger partial charge in [-0.05, 0) is 23.5 Å². The molecule has 0 aromatic heterocycles. The highest BCUT2D eigenvalue weighted by Gasteiger charge is 2.04. The lowest BCUT2D eigenvalue weighted by Gasteiger charge is -2.11. The van der Waals surface area contributed by atoms with Crippen LogP contribution in [0.1, 0.15) is 50.2 Å². The Hall–Kier alpha value is -1.29. The normalized spacial score (nSPS) is 12.1. The minimum atomic E-state index is 0.517. The minimum absolute atomic E-state index is 0.517. The molecule has 1 atom stereocenters. The lowest BCUT2D eigenvalue weighted by molar-refractivity contribution is 0.624. The van der Waals surface area contributed by atoms with Crippen molar-refractivity contribution >= 4 is 0 Å². The van der Waals surface area contributed by atoms with Crippen molar-refractivity contribution in [2.45, 2.75) is 45.4 Å². The molecule has 0 heterocycles. The van der Waals surface area contributed by atoms with Gasteiger partial charge in [0.05, 0.1) is 12.5 Å². The van der Waals surface area contributed by atoms with E-state index in [0.29, 0.717) is 12.3 Å². The molecule has 1 heteroatoms. The third kappa shape index (κ3) is 3.75. The molecule has 0 N–H and O–H groups in total. The molecule has 0 aliphatic carbocycles. The van der Waals surface area contributed by atoms with E-state index in [9.17, 15) is 0 Å². The zero-order chi connectivity index (χ0) is 11.1. The highest BCUT2D eigenvalue weighted by atomic mass is 14.2. The second-order valence-electron chi connectivity index (χ2n) is 4.12. The van der Waals surface area contributed by atoms with E-state index in [1.54, 1.807) is 0 Å². The SMILES string of the molecule is CCCCC(C)c1ccc(CC#N)cc1. The average molecular weight is 201 g/mol. The molecule has 0 bridgehead atoms. The summed E-state index contributed by atoms with van der Waals surface area (Å²) in [5, 5.41) is 8.56. The molecule has 0 fully saturated rings. The minimum Gasteiger partial charge on any atom is -0.198 e. The van der Waals surface area contributed by atoms with Crippen LogP contribution >= 0.6 is 0 Å².